The van der Waals surface area contributed by atoms with Crippen LogP contribution in [0.2, 0.25) is 0 Å². The third-order valence-corrected chi connectivity index (χ3v) is 15.7. The summed E-state index contributed by atoms with van der Waals surface area (Å²) in [5.41, 5.74) is -8.98. The van der Waals surface area contributed by atoms with Crippen LogP contribution < -0.4 is 0 Å². The number of esters is 4. The molecule has 14 atom stereocenters. The summed E-state index contributed by atoms with van der Waals surface area (Å²) in [5, 5.41) is 26.6. The van der Waals surface area contributed by atoms with Crippen LogP contribution in [0.3, 0.4) is 0 Å². The molecule has 2 spiro atoms. The first kappa shape index (κ1) is 38.5. The molecule has 4 saturated carbocycles. The highest BCUT2D eigenvalue weighted by Gasteiger charge is 2.92. The zero-order chi connectivity index (χ0) is 39.8. The molecule has 1 saturated heterocycles. The van der Waals surface area contributed by atoms with Gasteiger partial charge in [0.1, 0.15) is 17.3 Å². The average Bonchev–Trinajstić information content (AvgIpc) is 3.48. The number of ether oxygens (including phenoxy) is 5. The van der Waals surface area contributed by atoms with Crippen LogP contribution in [0.25, 0.3) is 0 Å². The molecule has 0 amide bonds. The minimum atomic E-state index is -2.15. The Hall–Kier alpha value is -3.77. The number of ketones is 1. The highest BCUT2D eigenvalue weighted by molar-refractivity contribution is 5.96. The number of carbonyl (C=O) groups excluding carboxylic acids is 5. The predicted octanol–water partition coefficient (Wildman–Crippen LogP) is 4.87. The van der Waals surface area contributed by atoms with Gasteiger partial charge in [-0.3, -0.25) is 19.2 Å². The molecule has 1 aliphatic heterocycles. The Morgan fingerprint density at radius 3 is 2.11 bits per heavy atom. The smallest absolute Gasteiger partial charge is 0.338 e. The number of hydrogen-bond donors (Lipinski definition) is 2. The molecule has 2 N–H and O–H groups in total. The van der Waals surface area contributed by atoms with Gasteiger partial charge in [-0.15, -0.1) is 0 Å². The van der Waals surface area contributed by atoms with Crippen molar-refractivity contribution in [3.63, 3.8) is 0 Å². The molecule has 2 bridgehead atoms. The van der Waals surface area contributed by atoms with Gasteiger partial charge in [-0.1, -0.05) is 39.0 Å². The first-order chi connectivity index (χ1) is 25.0. The number of Topliss-reactive ketones (excluding diaryl/α,β-unsaturated/α-hetero) is 1. The van der Waals surface area contributed by atoms with E-state index in [4.69, 9.17) is 23.7 Å². The molecule has 12 heteroatoms. The van der Waals surface area contributed by atoms with E-state index >= 15 is 0 Å². The van der Waals surface area contributed by atoms with Gasteiger partial charge < -0.3 is 33.9 Å². The summed E-state index contributed by atoms with van der Waals surface area (Å²) in [4.78, 5) is 68.5. The third kappa shape index (κ3) is 4.46. The lowest BCUT2D eigenvalue weighted by atomic mass is 9.33. The molecule has 0 aromatic heterocycles. The van der Waals surface area contributed by atoms with Gasteiger partial charge in [0.15, 0.2) is 23.8 Å². The van der Waals surface area contributed by atoms with Crippen molar-refractivity contribution in [1.29, 1.82) is 0 Å². The second-order valence-corrected chi connectivity index (χ2v) is 18.4. The average molecular weight is 751 g/mol. The van der Waals surface area contributed by atoms with Gasteiger partial charge in [0.2, 0.25) is 0 Å². The molecule has 1 aromatic carbocycles. The quantitative estimate of drug-likeness (QED) is 0.310. The molecular formula is C42H54O12. The van der Waals surface area contributed by atoms with Crippen molar-refractivity contribution in [2.75, 3.05) is 7.11 Å². The Bertz CT molecular complexity index is 1850. The SMILES string of the molecule is COC1=C(C)[C@@]2(C)C[C@@H](O)[C@H]3[C@@](C)(C[C@H](C)[C@]34[C@]35C[C@@](C)(C[C@H](OC(C)=O)[C@]3(C)[C@@H](OC(=O)c3ccccc3)[C@@H](OC(C)=O)[C@]4(C)O)C(=O)O5)[C@@H]2CC1=O. The van der Waals surface area contributed by atoms with Crippen LogP contribution in [0.5, 0.6) is 0 Å². The fourth-order valence-electron chi connectivity index (χ4n) is 13.9. The van der Waals surface area contributed by atoms with Crippen molar-refractivity contribution >= 4 is 29.7 Å². The van der Waals surface area contributed by atoms with Crippen LogP contribution in [0.15, 0.2) is 41.7 Å². The van der Waals surface area contributed by atoms with Crippen LogP contribution in [0.1, 0.15) is 105 Å². The largest absolute Gasteiger partial charge is 0.493 e. The van der Waals surface area contributed by atoms with E-state index in [9.17, 15) is 34.2 Å². The summed E-state index contributed by atoms with van der Waals surface area (Å²) in [6.07, 6.45) is -4.60. The van der Waals surface area contributed by atoms with E-state index in [0.717, 1.165) is 5.57 Å². The van der Waals surface area contributed by atoms with Gasteiger partial charge >= 0.3 is 23.9 Å². The van der Waals surface area contributed by atoms with E-state index in [0.29, 0.717) is 6.42 Å². The van der Waals surface area contributed by atoms with E-state index in [-0.39, 0.29) is 48.7 Å². The van der Waals surface area contributed by atoms with Gasteiger partial charge in [-0.25, -0.2) is 4.79 Å². The zero-order valence-corrected chi connectivity index (χ0v) is 32.9. The molecule has 54 heavy (non-hydrogen) atoms. The molecule has 1 aromatic rings. The molecule has 5 aliphatic carbocycles. The van der Waals surface area contributed by atoms with Crippen molar-refractivity contribution in [3.8, 4) is 0 Å². The highest BCUT2D eigenvalue weighted by atomic mass is 16.6. The number of carbonyl (C=O) groups is 5. The maximum Gasteiger partial charge on any atom is 0.338 e. The monoisotopic (exact) mass is 750 g/mol. The lowest BCUT2D eigenvalue weighted by Gasteiger charge is -2.73. The fraction of sp³-hybridized carbons (Fsp3) is 0.690. The summed E-state index contributed by atoms with van der Waals surface area (Å²) < 4.78 is 31.2. The Labute approximate surface area is 316 Å². The standard InChI is InChI=1S/C42H54O12/c1-21-17-38(7)28-16-26(45)30(50-10)22(2)37(28,6)18-27(46)31(38)42(21)40(9,49)33(52-24(4)44)32(53-34(47)25-14-12-11-13-15-25)39(8)29(51-23(3)43)19-36(5)20-41(39,42)54-35(36)48/h11-15,21,27-29,31-33,46,49H,16-20H2,1-10H3/t21-,27+,28+,29-,31-,32-,33+,36+,37+,38-,39+,40-,41-,42-/m0/s1. The first-order valence-electron chi connectivity index (χ1n) is 19.1. The minimum Gasteiger partial charge on any atom is -0.493 e. The van der Waals surface area contributed by atoms with E-state index in [1.807, 2.05) is 27.7 Å². The van der Waals surface area contributed by atoms with Crippen molar-refractivity contribution in [2.24, 2.45) is 44.8 Å². The minimum absolute atomic E-state index is 0.00587. The maximum atomic E-state index is 14.5. The summed E-state index contributed by atoms with van der Waals surface area (Å²) in [5.74, 6) is -4.37. The number of benzene rings is 1. The van der Waals surface area contributed by atoms with Gasteiger partial charge in [0, 0.05) is 39.0 Å². The van der Waals surface area contributed by atoms with Crippen LogP contribution in [0.4, 0.5) is 0 Å². The number of rotatable bonds is 5. The first-order valence-corrected chi connectivity index (χ1v) is 19.1. The van der Waals surface area contributed by atoms with Gasteiger partial charge in [0.25, 0.3) is 0 Å². The molecular weight excluding hydrogens is 696 g/mol. The lowest BCUT2D eigenvalue weighted by molar-refractivity contribution is -0.382. The summed E-state index contributed by atoms with van der Waals surface area (Å²) >= 11 is 0. The zero-order valence-electron chi connectivity index (χ0n) is 32.9. The van der Waals surface area contributed by atoms with E-state index in [2.05, 4.69) is 0 Å². The normalized spacial score (nSPS) is 47.6. The van der Waals surface area contributed by atoms with E-state index in [1.165, 1.54) is 27.9 Å². The van der Waals surface area contributed by atoms with E-state index in [1.54, 1.807) is 44.2 Å². The molecule has 7 rings (SSSR count). The molecule has 0 unspecified atom stereocenters. The number of aliphatic hydroxyl groups excluding tert-OH is 1. The predicted molar refractivity (Wildman–Crippen MR) is 191 cm³/mol. The van der Waals surface area contributed by atoms with Gasteiger partial charge in [0.05, 0.1) is 35.0 Å². The molecule has 294 valence electrons. The number of fused-ring (bicyclic) bond motifs is 5. The van der Waals surface area contributed by atoms with Crippen LogP contribution in [-0.2, 0) is 42.9 Å². The Morgan fingerprint density at radius 1 is 0.889 bits per heavy atom. The molecule has 5 fully saturated rings. The lowest BCUT2D eigenvalue weighted by Crippen LogP contribution is -2.86. The number of hydrogen-bond acceptors (Lipinski definition) is 12. The van der Waals surface area contributed by atoms with Crippen molar-refractivity contribution in [2.45, 2.75) is 130 Å². The Balaban J connectivity index is 1.54. The topological polar surface area (TPSA) is 172 Å². The van der Waals surface area contributed by atoms with Crippen molar-refractivity contribution in [1.82, 2.24) is 0 Å². The Morgan fingerprint density at radius 2 is 1.52 bits per heavy atom. The second-order valence-electron chi connectivity index (χ2n) is 18.4. The second kappa shape index (κ2) is 11.9. The van der Waals surface area contributed by atoms with Crippen LogP contribution >= 0.6 is 0 Å². The van der Waals surface area contributed by atoms with Crippen LogP contribution in [-0.4, -0.2) is 82.6 Å². The number of aliphatic hydroxyl groups is 2. The summed E-state index contributed by atoms with van der Waals surface area (Å²) in [6.45, 7) is 15.4. The fourth-order valence-corrected chi connectivity index (χ4v) is 13.9. The van der Waals surface area contributed by atoms with Crippen molar-refractivity contribution in [3.05, 3.63) is 47.2 Å². The highest BCUT2D eigenvalue weighted by Crippen LogP contribution is 2.83. The Kier molecular flexibility index (Phi) is 8.46. The van der Waals surface area contributed by atoms with Gasteiger partial charge in [-0.05, 0) is 80.9 Å². The molecule has 6 aliphatic rings. The van der Waals surface area contributed by atoms with Crippen molar-refractivity contribution < 1.29 is 57.9 Å². The van der Waals surface area contributed by atoms with Gasteiger partial charge in [-0.2, -0.15) is 0 Å². The maximum absolute atomic E-state index is 14.5. The summed E-state index contributed by atoms with van der Waals surface area (Å²) in [6, 6.07) is 8.22. The summed E-state index contributed by atoms with van der Waals surface area (Å²) in [7, 11) is 1.47. The third-order valence-electron chi connectivity index (χ3n) is 15.7. The molecule has 12 nitrogen and oxygen atoms in total. The van der Waals surface area contributed by atoms with E-state index < -0.39 is 98.4 Å². The number of methoxy groups -OCH3 is 1. The van der Waals surface area contributed by atoms with Crippen LogP contribution in [0, 0.1) is 44.8 Å². The number of allylic oxidation sites excluding steroid dienone is 2. The molecule has 1 heterocycles. The molecule has 0 radical (unpaired) electrons.